The third-order valence-electron chi connectivity index (χ3n) is 3.34. The summed E-state index contributed by atoms with van der Waals surface area (Å²) in [7, 11) is 1.80. The van der Waals surface area contributed by atoms with E-state index >= 15 is 0 Å². The Balaban J connectivity index is 2.21. The highest BCUT2D eigenvalue weighted by atomic mass is 35.7. The molecule has 2 aromatic heterocycles. The molecule has 0 aromatic carbocycles. The summed E-state index contributed by atoms with van der Waals surface area (Å²) in [6.45, 7) is 5.26. The molecule has 0 bridgehead atoms. The molecular weight excluding hydrogens is 312 g/mol. The van der Waals surface area contributed by atoms with Gasteiger partial charge in [0.1, 0.15) is 4.90 Å². The lowest BCUT2D eigenvalue weighted by Crippen LogP contribution is -2.08. The molecule has 0 radical (unpaired) electrons. The molecule has 2 heterocycles. The summed E-state index contributed by atoms with van der Waals surface area (Å²) in [5.74, 6) is 0. The number of halogens is 1. The van der Waals surface area contributed by atoms with Crippen LogP contribution in [0.3, 0.4) is 0 Å². The van der Waals surface area contributed by atoms with Crippen LogP contribution >= 0.6 is 10.7 Å². The van der Waals surface area contributed by atoms with Crippen LogP contribution in [0, 0.1) is 0 Å². The Morgan fingerprint density at radius 2 is 2.00 bits per heavy atom. The summed E-state index contributed by atoms with van der Waals surface area (Å²) in [5, 5.41) is 4.41. The van der Waals surface area contributed by atoms with Crippen LogP contribution < -0.4 is 0 Å². The lowest BCUT2D eigenvalue weighted by molar-refractivity contribution is 0.508. The number of aryl methyl sites for hydroxylation is 3. The highest BCUT2D eigenvalue weighted by molar-refractivity contribution is 8.13. The van der Waals surface area contributed by atoms with E-state index in [1.165, 1.54) is 0 Å². The minimum Gasteiger partial charge on any atom is -0.337 e. The summed E-state index contributed by atoms with van der Waals surface area (Å²) < 4.78 is 27.3. The number of aromatic nitrogens is 4. The van der Waals surface area contributed by atoms with E-state index in [2.05, 4.69) is 10.1 Å². The third kappa shape index (κ3) is 3.65. The largest absolute Gasteiger partial charge is 0.337 e. The van der Waals surface area contributed by atoms with Crippen LogP contribution in [-0.4, -0.2) is 27.7 Å². The molecule has 0 N–H and O–H groups in total. The van der Waals surface area contributed by atoms with Gasteiger partial charge in [0.05, 0.1) is 17.7 Å². The average molecular weight is 331 g/mol. The second kappa shape index (κ2) is 6.62. The number of rotatable bonds is 7. The number of hydrogen-bond donors (Lipinski definition) is 0. The van der Waals surface area contributed by atoms with Crippen molar-refractivity contribution in [3.63, 3.8) is 0 Å². The molecular formula is C13H19ClN4O2S. The zero-order valence-electron chi connectivity index (χ0n) is 12.2. The molecule has 0 fully saturated rings. The van der Waals surface area contributed by atoms with Crippen molar-refractivity contribution in [1.29, 1.82) is 0 Å². The van der Waals surface area contributed by atoms with Crippen molar-refractivity contribution >= 4 is 19.7 Å². The maximum Gasteiger partial charge on any atom is 0.264 e. The van der Waals surface area contributed by atoms with Gasteiger partial charge in [-0.2, -0.15) is 5.10 Å². The topological polar surface area (TPSA) is 69.8 Å². The standard InChI is InChI=1S/C13H19ClN4O2S/c1-3-11-13(21(14,19)20)12(4-2)18(16-11)8-5-7-17-9-6-15-10-17/h6,9-10H,3-5,7-8H2,1-2H3. The molecule has 8 heteroatoms. The van der Waals surface area contributed by atoms with Crippen molar-refractivity contribution in [2.24, 2.45) is 0 Å². The molecule has 2 aromatic rings. The van der Waals surface area contributed by atoms with Crippen molar-refractivity contribution in [1.82, 2.24) is 19.3 Å². The Morgan fingerprint density at radius 3 is 2.52 bits per heavy atom. The summed E-state index contributed by atoms with van der Waals surface area (Å²) in [4.78, 5) is 4.18. The van der Waals surface area contributed by atoms with Crippen LogP contribution in [0.2, 0.25) is 0 Å². The second-order valence-electron chi connectivity index (χ2n) is 4.74. The zero-order valence-corrected chi connectivity index (χ0v) is 13.7. The molecule has 2 rings (SSSR count). The van der Waals surface area contributed by atoms with E-state index in [4.69, 9.17) is 10.7 Å². The van der Waals surface area contributed by atoms with Gasteiger partial charge in [0.15, 0.2) is 0 Å². The molecule has 0 aliphatic heterocycles. The van der Waals surface area contributed by atoms with Crippen molar-refractivity contribution in [2.75, 3.05) is 0 Å². The van der Waals surface area contributed by atoms with Gasteiger partial charge in [-0.1, -0.05) is 13.8 Å². The van der Waals surface area contributed by atoms with Crippen LogP contribution in [0.15, 0.2) is 23.6 Å². The Hall–Kier alpha value is -1.34. The predicted octanol–water partition coefficient (Wildman–Crippen LogP) is 2.22. The van der Waals surface area contributed by atoms with Crippen molar-refractivity contribution in [3.05, 3.63) is 30.1 Å². The molecule has 0 atom stereocenters. The van der Waals surface area contributed by atoms with E-state index in [1.54, 1.807) is 17.2 Å². The monoisotopic (exact) mass is 330 g/mol. The Bertz CT molecular complexity index is 692. The van der Waals surface area contributed by atoms with E-state index in [-0.39, 0.29) is 4.90 Å². The lowest BCUT2D eigenvalue weighted by Gasteiger charge is -2.07. The van der Waals surface area contributed by atoms with E-state index in [0.717, 1.165) is 13.0 Å². The van der Waals surface area contributed by atoms with Gasteiger partial charge in [0.25, 0.3) is 9.05 Å². The average Bonchev–Trinajstić information content (AvgIpc) is 3.04. The normalized spacial score (nSPS) is 12.0. The van der Waals surface area contributed by atoms with Crippen LogP contribution in [0.5, 0.6) is 0 Å². The maximum absolute atomic E-state index is 11.8. The van der Waals surface area contributed by atoms with Gasteiger partial charge in [0, 0.05) is 36.2 Å². The van der Waals surface area contributed by atoms with Crippen molar-refractivity contribution in [3.8, 4) is 0 Å². The zero-order chi connectivity index (χ0) is 15.5. The number of nitrogens with zero attached hydrogens (tertiary/aromatic N) is 4. The highest BCUT2D eigenvalue weighted by Gasteiger charge is 2.25. The fourth-order valence-corrected chi connectivity index (χ4v) is 3.93. The third-order valence-corrected chi connectivity index (χ3v) is 4.76. The van der Waals surface area contributed by atoms with Crippen molar-refractivity contribution in [2.45, 2.75) is 51.1 Å². The van der Waals surface area contributed by atoms with E-state index in [9.17, 15) is 8.42 Å². The van der Waals surface area contributed by atoms with Gasteiger partial charge in [0.2, 0.25) is 0 Å². The van der Waals surface area contributed by atoms with Gasteiger partial charge >= 0.3 is 0 Å². The van der Waals surface area contributed by atoms with Gasteiger partial charge in [-0.25, -0.2) is 13.4 Å². The summed E-state index contributed by atoms with van der Waals surface area (Å²) in [5.41, 5.74) is 1.23. The fraction of sp³-hybridized carbons (Fsp3) is 0.538. The van der Waals surface area contributed by atoms with E-state index < -0.39 is 9.05 Å². The summed E-state index contributed by atoms with van der Waals surface area (Å²) in [6, 6.07) is 0. The predicted molar refractivity (Wildman–Crippen MR) is 80.9 cm³/mol. The molecule has 21 heavy (non-hydrogen) atoms. The van der Waals surface area contributed by atoms with E-state index in [1.807, 2.05) is 24.6 Å². The molecule has 0 aliphatic rings. The Morgan fingerprint density at radius 1 is 1.24 bits per heavy atom. The fourth-order valence-electron chi connectivity index (χ4n) is 2.40. The molecule has 0 unspecified atom stereocenters. The first-order valence-electron chi connectivity index (χ1n) is 6.96. The first kappa shape index (κ1) is 16.0. The van der Waals surface area contributed by atoms with Gasteiger partial charge in [-0.05, 0) is 19.3 Å². The SMILES string of the molecule is CCc1nn(CCCn2ccnc2)c(CC)c1S(=O)(=O)Cl. The van der Waals surface area contributed by atoms with Crippen molar-refractivity contribution < 1.29 is 8.42 Å². The van der Waals surface area contributed by atoms with E-state index in [0.29, 0.717) is 30.8 Å². The van der Waals surface area contributed by atoms with Crippen LogP contribution in [-0.2, 0) is 35.0 Å². The Labute approximate surface area is 129 Å². The molecule has 0 aliphatic carbocycles. The molecule has 0 amide bonds. The molecule has 116 valence electrons. The number of hydrogen-bond acceptors (Lipinski definition) is 4. The quantitative estimate of drug-likeness (QED) is 0.730. The van der Waals surface area contributed by atoms with Gasteiger partial charge in [-0.15, -0.1) is 0 Å². The summed E-state index contributed by atoms with van der Waals surface area (Å²) in [6.07, 6.45) is 7.36. The second-order valence-corrected chi connectivity index (χ2v) is 7.25. The summed E-state index contributed by atoms with van der Waals surface area (Å²) >= 11 is 0. The molecule has 0 spiro atoms. The smallest absolute Gasteiger partial charge is 0.264 e. The highest BCUT2D eigenvalue weighted by Crippen LogP contribution is 2.25. The lowest BCUT2D eigenvalue weighted by atomic mass is 10.2. The van der Waals surface area contributed by atoms with Gasteiger partial charge in [-0.3, -0.25) is 4.68 Å². The number of imidazole rings is 1. The van der Waals surface area contributed by atoms with Crippen LogP contribution in [0.1, 0.15) is 31.7 Å². The molecule has 0 saturated carbocycles. The van der Waals surface area contributed by atoms with Gasteiger partial charge < -0.3 is 4.57 Å². The minimum atomic E-state index is -3.76. The maximum atomic E-state index is 11.8. The Kier molecular flexibility index (Phi) is 5.05. The first-order valence-corrected chi connectivity index (χ1v) is 9.27. The molecule has 6 nitrogen and oxygen atoms in total. The minimum absolute atomic E-state index is 0.191. The van der Waals surface area contributed by atoms with Crippen LogP contribution in [0.4, 0.5) is 0 Å². The first-order chi connectivity index (χ1) is 9.97. The van der Waals surface area contributed by atoms with Crippen LogP contribution in [0.25, 0.3) is 0 Å². The molecule has 0 saturated heterocycles.